The van der Waals surface area contributed by atoms with Crippen molar-refractivity contribution in [1.29, 1.82) is 0 Å². The van der Waals surface area contributed by atoms with Gasteiger partial charge in [0.05, 0.1) is 5.92 Å². The summed E-state index contributed by atoms with van der Waals surface area (Å²) in [6, 6.07) is 0. The highest BCUT2D eigenvalue weighted by molar-refractivity contribution is 5.74. The summed E-state index contributed by atoms with van der Waals surface area (Å²) in [6.07, 6.45) is 1.97. The van der Waals surface area contributed by atoms with E-state index in [4.69, 9.17) is 5.11 Å². The van der Waals surface area contributed by atoms with Gasteiger partial charge in [-0.1, -0.05) is 26.0 Å². The normalized spacial score (nSPS) is 41.1. The van der Waals surface area contributed by atoms with Crippen molar-refractivity contribution in [2.45, 2.75) is 26.7 Å². The highest BCUT2D eigenvalue weighted by atomic mass is 16.4. The van der Waals surface area contributed by atoms with E-state index in [2.05, 4.69) is 20.4 Å². The highest BCUT2D eigenvalue weighted by Crippen LogP contribution is 2.62. The van der Waals surface area contributed by atoms with Gasteiger partial charge < -0.3 is 5.11 Å². The molecule has 2 unspecified atom stereocenters. The van der Waals surface area contributed by atoms with E-state index in [-0.39, 0.29) is 5.92 Å². The molecule has 0 radical (unpaired) electrons. The lowest BCUT2D eigenvalue weighted by Gasteiger charge is -2.59. The Bertz CT molecular complexity index is 278. The Labute approximate surface area is 78.6 Å². The van der Waals surface area contributed by atoms with Gasteiger partial charge in [0.25, 0.3) is 0 Å². The van der Waals surface area contributed by atoms with Crippen molar-refractivity contribution in [2.24, 2.45) is 23.2 Å². The second kappa shape index (κ2) is 2.37. The minimum Gasteiger partial charge on any atom is -0.481 e. The number of carbonyl (C=O) groups is 1. The first-order chi connectivity index (χ1) is 5.94. The molecule has 0 spiro atoms. The van der Waals surface area contributed by atoms with Crippen molar-refractivity contribution >= 4 is 5.97 Å². The van der Waals surface area contributed by atoms with Crippen LogP contribution in [0.3, 0.4) is 0 Å². The van der Waals surface area contributed by atoms with Gasteiger partial charge in [0.15, 0.2) is 0 Å². The van der Waals surface area contributed by atoms with Crippen molar-refractivity contribution < 1.29 is 9.90 Å². The lowest BCUT2D eigenvalue weighted by molar-refractivity contribution is -0.147. The summed E-state index contributed by atoms with van der Waals surface area (Å²) in [7, 11) is 0. The molecule has 13 heavy (non-hydrogen) atoms. The maximum absolute atomic E-state index is 10.9. The van der Waals surface area contributed by atoms with Crippen molar-refractivity contribution in [2.75, 3.05) is 0 Å². The SMILES string of the molecule is C=C1C2CC(C[C@@H]1C(=O)O)C2(C)C. The zero-order valence-corrected chi connectivity index (χ0v) is 8.21. The largest absolute Gasteiger partial charge is 0.481 e. The number of hydrogen-bond acceptors (Lipinski definition) is 1. The predicted octanol–water partition coefficient (Wildman–Crippen LogP) is 2.31. The van der Waals surface area contributed by atoms with Gasteiger partial charge in [0.2, 0.25) is 0 Å². The lowest BCUT2D eigenvalue weighted by atomic mass is 9.45. The van der Waals surface area contributed by atoms with Gasteiger partial charge in [-0.3, -0.25) is 4.79 Å². The first-order valence-electron chi connectivity index (χ1n) is 4.86. The second-order valence-corrected chi connectivity index (χ2v) is 5.01. The van der Waals surface area contributed by atoms with Gasteiger partial charge in [-0.05, 0) is 30.1 Å². The summed E-state index contributed by atoms with van der Waals surface area (Å²) >= 11 is 0. The molecule has 0 aromatic carbocycles. The molecule has 0 aromatic rings. The monoisotopic (exact) mass is 180 g/mol. The van der Waals surface area contributed by atoms with Crippen molar-refractivity contribution in [3.05, 3.63) is 12.2 Å². The standard InChI is InChI=1S/C11H16O2/c1-6-8(10(12)13)4-7-5-9(6)11(7,2)3/h7-9H,1,4-5H2,2-3H3,(H,12,13)/t7?,8-,9?/m0/s1. The Morgan fingerprint density at radius 3 is 2.54 bits per heavy atom. The van der Waals surface area contributed by atoms with Crippen LogP contribution in [0, 0.1) is 23.2 Å². The van der Waals surface area contributed by atoms with Crippen LogP contribution in [0.2, 0.25) is 0 Å². The Balaban J connectivity index is 2.21. The number of aliphatic carboxylic acids is 1. The third kappa shape index (κ3) is 0.976. The van der Waals surface area contributed by atoms with Gasteiger partial charge in [-0.2, -0.15) is 0 Å². The molecule has 2 nitrogen and oxygen atoms in total. The minimum atomic E-state index is -0.685. The van der Waals surface area contributed by atoms with E-state index >= 15 is 0 Å². The fourth-order valence-electron chi connectivity index (χ4n) is 2.98. The quantitative estimate of drug-likeness (QED) is 0.629. The van der Waals surface area contributed by atoms with Crippen LogP contribution in [0.1, 0.15) is 26.7 Å². The molecule has 3 aliphatic rings. The van der Waals surface area contributed by atoms with Gasteiger partial charge in [0, 0.05) is 0 Å². The number of hydrogen-bond donors (Lipinski definition) is 1. The Morgan fingerprint density at radius 1 is 1.54 bits per heavy atom. The first-order valence-corrected chi connectivity index (χ1v) is 4.86. The fraction of sp³-hybridized carbons (Fsp3) is 0.727. The number of fused-ring (bicyclic) bond motifs is 2. The Kier molecular flexibility index (Phi) is 1.60. The van der Waals surface area contributed by atoms with Crippen LogP contribution in [0.25, 0.3) is 0 Å². The predicted molar refractivity (Wildman–Crippen MR) is 50.3 cm³/mol. The molecular formula is C11H16O2. The zero-order valence-electron chi connectivity index (χ0n) is 8.21. The van der Waals surface area contributed by atoms with E-state index in [0.717, 1.165) is 18.4 Å². The molecule has 3 rings (SSSR count). The number of carboxylic acids is 1. The van der Waals surface area contributed by atoms with Gasteiger partial charge in [-0.15, -0.1) is 0 Å². The number of rotatable bonds is 1. The van der Waals surface area contributed by atoms with Gasteiger partial charge >= 0.3 is 5.97 Å². The average Bonchev–Trinajstić information content (AvgIpc) is 2.02. The highest BCUT2D eigenvalue weighted by Gasteiger charge is 2.56. The van der Waals surface area contributed by atoms with Crippen molar-refractivity contribution in [3.63, 3.8) is 0 Å². The van der Waals surface area contributed by atoms with E-state index in [9.17, 15) is 4.79 Å². The molecule has 2 heteroatoms. The summed E-state index contributed by atoms with van der Waals surface area (Å²) in [5.41, 5.74) is 1.27. The first kappa shape index (κ1) is 8.79. The van der Waals surface area contributed by atoms with E-state index in [1.807, 2.05) is 0 Å². The van der Waals surface area contributed by atoms with Crippen LogP contribution >= 0.6 is 0 Å². The fourth-order valence-corrected chi connectivity index (χ4v) is 2.98. The van der Waals surface area contributed by atoms with Crippen molar-refractivity contribution in [1.82, 2.24) is 0 Å². The van der Waals surface area contributed by atoms with Crippen LogP contribution in [0.5, 0.6) is 0 Å². The maximum atomic E-state index is 10.9. The Hall–Kier alpha value is -0.790. The topological polar surface area (TPSA) is 37.3 Å². The lowest BCUT2D eigenvalue weighted by Crippen LogP contribution is -2.53. The molecule has 1 N–H and O–H groups in total. The summed E-state index contributed by atoms with van der Waals surface area (Å²) in [4.78, 5) is 10.9. The molecule has 0 saturated heterocycles. The molecule has 3 fully saturated rings. The van der Waals surface area contributed by atoms with Crippen LogP contribution < -0.4 is 0 Å². The molecule has 3 saturated carbocycles. The smallest absolute Gasteiger partial charge is 0.310 e. The van der Waals surface area contributed by atoms with E-state index < -0.39 is 5.97 Å². The van der Waals surface area contributed by atoms with Crippen LogP contribution in [-0.4, -0.2) is 11.1 Å². The van der Waals surface area contributed by atoms with Crippen LogP contribution in [-0.2, 0) is 4.79 Å². The molecule has 3 aliphatic carbocycles. The maximum Gasteiger partial charge on any atom is 0.310 e. The molecule has 0 aromatic heterocycles. The number of carboxylic acid groups (broad SMARTS) is 1. The van der Waals surface area contributed by atoms with E-state index in [0.29, 0.717) is 17.3 Å². The molecule has 3 atom stereocenters. The van der Waals surface area contributed by atoms with Crippen LogP contribution in [0.15, 0.2) is 12.2 Å². The molecule has 0 amide bonds. The zero-order chi connectivity index (χ0) is 9.80. The summed E-state index contributed by atoms with van der Waals surface area (Å²) in [5.74, 6) is 0.100. The molecule has 0 aliphatic heterocycles. The molecule has 2 bridgehead atoms. The van der Waals surface area contributed by atoms with Crippen molar-refractivity contribution in [3.8, 4) is 0 Å². The molecule has 0 heterocycles. The summed E-state index contributed by atoms with van der Waals surface area (Å²) in [5, 5.41) is 8.96. The van der Waals surface area contributed by atoms with Gasteiger partial charge in [0.1, 0.15) is 0 Å². The molecular weight excluding hydrogens is 164 g/mol. The van der Waals surface area contributed by atoms with E-state index in [1.54, 1.807) is 0 Å². The minimum absolute atomic E-state index is 0.267. The summed E-state index contributed by atoms with van der Waals surface area (Å²) in [6.45, 7) is 8.41. The average molecular weight is 180 g/mol. The van der Waals surface area contributed by atoms with E-state index in [1.165, 1.54) is 0 Å². The third-order valence-electron chi connectivity index (χ3n) is 4.18. The molecule has 72 valence electrons. The van der Waals surface area contributed by atoms with Gasteiger partial charge in [-0.25, -0.2) is 0 Å². The second-order valence-electron chi connectivity index (χ2n) is 5.01. The third-order valence-corrected chi connectivity index (χ3v) is 4.18. The Morgan fingerprint density at radius 2 is 2.15 bits per heavy atom. The summed E-state index contributed by atoms with van der Waals surface area (Å²) < 4.78 is 0. The van der Waals surface area contributed by atoms with Crippen LogP contribution in [0.4, 0.5) is 0 Å².